The number of ether oxygens (including phenoxy) is 1. The molecule has 0 aliphatic carbocycles. The summed E-state index contributed by atoms with van der Waals surface area (Å²) in [6.07, 6.45) is 1.72. The van der Waals surface area contributed by atoms with Crippen molar-refractivity contribution < 1.29 is 4.74 Å². The van der Waals surface area contributed by atoms with E-state index >= 15 is 0 Å². The SMILES string of the molecule is [CH2]c1cccc(Oc2nccs2)c1. The summed E-state index contributed by atoms with van der Waals surface area (Å²) < 4.78 is 5.47. The van der Waals surface area contributed by atoms with Crippen LogP contribution >= 0.6 is 11.3 Å². The Morgan fingerprint density at radius 3 is 3.00 bits per heavy atom. The Morgan fingerprint density at radius 1 is 1.38 bits per heavy atom. The molecule has 0 aliphatic heterocycles. The zero-order valence-corrected chi connectivity index (χ0v) is 7.75. The molecule has 65 valence electrons. The third kappa shape index (κ3) is 2.06. The number of hydrogen-bond donors (Lipinski definition) is 0. The van der Waals surface area contributed by atoms with Crippen molar-refractivity contribution in [2.45, 2.75) is 0 Å². The van der Waals surface area contributed by atoms with E-state index in [-0.39, 0.29) is 0 Å². The Labute approximate surface area is 80.8 Å². The minimum absolute atomic E-state index is 0.658. The van der Waals surface area contributed by atoms with Gasteiger partial charge in [-0.05, 0) is 24.6 Å². The summed E-state index contributed by atoms with van der Waals surface area (Å²) >= 11 is 1.47. The Morgan fingerprint density at radius 2 is 2.31 bits per heavy atom. The van der Waals surface area contributed by atoms with Crippen LogP contribution < -0.4 is 4.74 Å². The van der Waals surface area contributed by atoms with E-state index in [2.05, 4.69) is 11.9 Å². The van der Waals surface area contributed by atoms with Crippen molar-refractivity contribution in [3.05, 3.63) is 48.3 Å². The fourth-order valence-corrected chi connectivity index (χ4v) is 1.47. The normalized spacial score (nSPS) is 9.92. The first-order valence-electron chi connectivity index (χ1n) is 3.84. The summed E-state index contributed by atoms with van der Waals surface area (Å²) in [5, 5.41) is 2.54. The summed E-state index contributed by atoms with van der Waals surface area (Å²) in [6.45, 7) is 3.81. The molecule has 1 radical (unpaired) electrons. The summed E-state index contributed by atoms with van der Waals surface area (Å²) in [4.78, 5) is 4.02. The van der Waals surface area contributed by atoms with E-state index in [1.807, 2.05) is 29.6 Å². The lowest BCUT2D eigenvalue weighted by atomic mass is 10.2. The second kappa shape index (κ2) is 3.58. The van der Waals surface area contributed by atoms with E-state index in [1.54, 1.807) is 6.20 Å². The minimum atomic E-state index is 0.658. The first kappa shape index (κ1) is 8.26. The Kier molecular flexibility index (Phi) is 2.27. The molecule has 0 saturated carbocycles. The van der Waals surface area contributed by atoms with Crippen molar-refractivity contribution in [1.29, 1.82) is 0 Å². The van der Waals surface area contributed by atoms with Crippen LogP contribution in [0.3, 0.4) is 0 Å². The third-order valence-electron chi connectivity index (χ3n) is 1.51. The maximum absolute atomic E-state index is 5.47. The van der Waals surface area contributed by atoms with Crippen molar-refractivity contribution in [3.8, 4) is 10.9 Å². The zero-order chi connectivity index (χ0) is 9.10. The van der Waals surface area contributed by atoms with E-state index in [0.29, 0.717) is 5.19 Å². The van der Waals surface area contributed by atoms with Gasteiger partial charge in [-0.15, -0.1) is 0 Å². The van der Waals surface area contributed by atoms with E-state index in [4.69, 9.17) is 4.74 Å². The van der Waals surface area contributed by atoms with Gasteiger partial charge in [-0.1, -0.05) is 23.5 Å². The number of aromatic nitrogens is 1. The van der Waals surface area contributed by atoms with Gasteiger partial charge < -0.3 is 4.74 Å². The highest BCUT2D eigenvalue weighted by molar-refractivity contribution is 7.11. The predicted octanol–water partition coefficient (Wildman–Crippen LogP) is 3.12. The van der Waals surface area contributed by atoms with Gasteiger partial charge in [-0.3, -0.25) is 0 Å². The first-order valence-corrected chi connectivity index (χ1v) is 4.72. The van der Waals surface area contributed by atoms with Crippen LogP contribution in [0.5, 0.6) is 10.9 Å². The molecule has 0 spiro atoms. The van der Waals surface area contributed by atoms with Gasteiger partial charge in [0.05, 0.1) is 0 Å². The number of thiazole rings is 1. The van der Waals surface area contributed by atoms with Crippen molar-refractivity contribution in [3.63, 3.8) is 0 Å². The quantitative estimate of drug-likeness (QED) is 0.725. The van der Waals surface area contributed by atoms with Crippen LogP contribution in [-0.4, -0.2) is 4.98 Å². The maximum atomic E-state index is 5.47. The highest BCUT2D eigenvalue weighted by atomic mass is 32.1. The molecular weight excluding hydrogens is 182 g/mol. The van der Waals surface area contributed by atoms with Gasteiger partial charge in [0.2, 0.25) is 0 Å². The van der Waals surface area contributed by atoms with Crippen molar-refractivity contribution in [2.75, 3.05) is 0 Å². The van der Waals surface area contributed by atoms with Gasteiger partial charge in [0, 0.05) is 11.6 Å². The van der Waals surface area contributed by atoms with Crippen LogP contribution in [0, 0.1) is 6.92 Å². The molecule has 0 unspecified atom stereocenters. The lowest BCUT2D eigenvalue weighted by Crippen LogP contribution is -1.82. The van der Waals surface area contributed by atoms with Crippen molar-refractivity contribution >= 4 is 11.3 Å². The van der Waals surface area contributed by atoms with E-state index in [9.17, 15) is 0 Å². The Balaban J connectivity index is 2.19. The molecule has 0 atom stereocenters. The molecule has 1 heterocycles. The summed E-state index contributed by atoms with van der Waals surface area (Å²) in [5.41, 5.74) is 0.939. The number of hydrogen-bond acceptors (Lipinski definition) is 3. The summed E-state index contributed by atoms with van der Waals surface area (Å²) in [5.74, 6) is 0.780. The molecule has 0 aliphatic rings. The monoisotopic (exact) mass is 190 g/mol. The molecule has 3 heteroatoms. The average molecular weight is 190 g/mol. The topological polar surface area (TPSA) is 22.1 Å². The molecule has 0 amide bonds. The molecule has 0 saturated heterocycles. The molecule has 1 aromatic heterocycles. The van der Waals surface area contributed by atoms with Crippen molar-refractivity contribution in [2.24, 2.45) is 0 Å². The smallest absolute Gasteiger partial charge is 0.278 e. The summed E-state index contributed by atoms with van der Waals surface area (Å²) in [6, 6.07) is 7.59. The molecule has 2 rings (SSSR count). The van der Waals surface area contributed by atoms with E-state index in [1.165, 1.54) is 11.3 Å². The first-order chi connectivity index (χ1) is 6.34. The molecule has 13 heavy (non-hydrogen) atoms. The van der Waals surface area contributed by atoms with Gasteiger partial charge in [0.15, 0.2) is 0 Å². The van der Waals surface area contributed by atoms with Crippen LogP contribution in [0.1, 0.15) is 5.56 Å². The van der Waals surface area contributed by atoms with Crippen LogP contribution in [-0.2, 0) is 0 Å². The number of rotatable bonds is 2. The summed E-state index contributed by atoms with van der Waals surface area (Å²) in [7, 11) is 0. The van der Waals surface area contributed by atoms with Gasteiger partial charge in [0.25, 0.3) is 5.19 Å². The van der Waals surface area contributed by atoms with E-state index < -0.39 is 0 Å². The molecular formula is C10H8NOS. The van der Waals surface area contributed by atoms with Crippen LogP contribution in [0.4, 0.5) is 0 Å². The molecule has 0 fully saturated rings. The number of nitrogens with zero attached hydrogens (tertiary/aromatic N) is 1. The lowest BCUT2D eigenvalue weighted by molar-refractivity contribution is 0.478. The van der Waals surface area contributed by atoms with Gasteiger partial charge in [0.1, 0.15) is 5.75 Å². The number of benzene rings is 1. The third-order valence-corrected chi connectivity index (χ3v) is 2.16. The van der Waals surface area contributed by atoms with E-state index in [0.717, 1.165) is 11.3 Å². The fourth-order valence-electron chi connectivity index (χ4n) is 0.971. The lowest BCUT2D eigenvalue weighted by Gasteiger charge is -2.01. The standard InChI is InChI=1S/C10H8NOS/c1-8-3-2-4-9(7-8)12-10-11-5-6-13-10/h2-7H,1H2. The largest absolute Gasteiger partial charge is 0.431 e. The highest BCUT2D eigenvalue weighted by Crippen LogP contribution is 2.23. The fraction of sp³-hybridized carbons (Fsp3) is 0. The zero-order valence-electron chi connectivity index (χ0n) is 6.93. The van der Waals surface area contributed by atoms with Gasteiger partial charge in [-0.2, -0.15) is 0 Å². The molecule has 0 N–H and O–H groups in total. The van der Waals surface area contributed by atoms with Crippen LogP contribution in [0.2, 0.25) is 0 Å². The second-order valence-electron chi connectivity index (χ2n) is 2.55. The van der Waals surface area contributed by atoms with Crippen LogP contribution in [0.25, 0.3) is 0 Å². The molecule has 2 nitrogen and oxygen atoms in total. The molecule has 0 bridgehead atoms. The van der Waals surface area contributed by atoms with Crippen molar-refractivity contribution in [1.82, 2.24) is 4.98 Å². The highest BCUT2D eigenvalue weighted by Gasteiger charge is 1.98. The molecule has 1 aromatic carbocycles. The van der Waals surface area contributed by atoms with Gasteiger partial charge in [-0.25, -0.2) is 4.98 Å². The van der Waals surface area contributed by atoms with Gasteiger partial charge >= 0.3 is 0 Å². The Bertz CT molecular complexity index is 384. The average Bonchev–Trinajstić information content (AvgIpc) is 2.57. The second-order valence-corrected chi connectivity index (χ2v) is 3.40. The Hall–Kier alpha value is -1.35. The molecule has 2 aromatic rings. The predicted molar refractivity (Wildman–Crippen MR) is 53.1 cm³/mol. The minimum Gasteiger partial charge on any atom is -0.431 e. The maximum Gasteiger partial charge on any atom is 0.278 e. The van der Waals surface area contributed by atoms with Crippen LogP contribution in [0.15, 0.2) is 35.8 Å².